The Morgan fingerprint density at radius 1 is 0.452 bits per heavy atom. The number of imidazole rings is 3. The van der Waals surface area contributed by atoms with Crippen LogP contribution in [0, 0.1) is 0 Å². The third-order valence-electron chi connectivity index (χ3n) is 6.40. The minimum Gasteiger partial charge on any atom is -0.305 e. The number of fused-ring (bicyclic) bond motifs is 3. The molecule has 0 bridgehead atoms. The number of benzene rings is 3. The molecule has 9 nitrogen and oxygen atoms in total. The normalized spacial score (nSPS) is 11.1. The zero-order valence-electron chi connectivity index (χ0n) is 22.4. The summed E-state index contributed by atoms with van der Waals surface area (Å²) in [6, 6.07) is 10.1. The second kappa shape index (κ2) is 13.2. The first-order valence-corrected chi connectivity index (χ1v) is 14.9. The van der Waals surface area contributed by atoms with Crippen LogP contribution in [0.2, 0.25) is 30.1 Å². The Bertz CT molecular complexity index is 1860. The number of rotatable bonds is 3. The fourth-order valence-electron chi connectivity index (χ4n) is 4.40. The molecule has 0 spiro atoms. The van der Waals surface area contributed by atoms with Crippen molar-refractivity contribution in [1.82, 2.24) is 28.7 Å². The van der Waals surface area contributed by atoms with E-state index in [1.165, 1.54) is 0 Å². The summed E-state index contributed by atoms with van der Waals surface area (Å²) in [6.45, 7) is 7.52. The molecule has 3 aromatic heterocycles. The highest BCUT2D eigenvalue weighted by atomic mass is 35.5. The number of nitrogens with one attached hydrogen (secondary N) is 3. The zero-order chi connectivity index (χ0) is 30.9. The van der Waals surface area contributed by atoms with Crippen LogP contribution < -0.4 is 17.1 Å². The van der Waals surface area contributed by atoms with Gasteiger partial charge < -0.3 is 15.0 Å². The van der Waals surface area contributed by atoms with Crippen LogP contribution in [0.4, 0.5) is 0 Å². The number of H-pyrrole nitrogens is 3. The van der Waals surface area contributed by atoms with E-state index in [-0.39, 0.29) is 17.1 Å². The van der Waals surface area contributed by atoms with E-state index in [1.807, 2.05) is 20.8 Å². The molecule has 222 valence electrons. The molecule has 6 aromatic rings. The van der Waals surface area contributed by atoms with Gasteiger partial charge in [-0.15, -0.1) is 0 Å². The number of halogens is 6. The van der Waals surface area contributed by atoms with Gasteiger partial charge in [-0.3, -0.25) is 13.7 Å². The standard InChI is InChI=1S/3C9H8Cl2N2O/c3*1-2-13-8-4-6(11)5(10)3-7(8)12-9(13)14/h3*3-4H,2H2,1H3,(H,12,14). The summed E-state index contributed by atoms with van der Waals surface area (Å²) in [7, 11) is 0. The van der Waals surface area contributed by atoms with Crippen LogP contribution in [0.25, 0.3) is 33.1 Å². The van der Waals surface area contributed by atoms with Crippen molar-refractivity contribution in [1.29, 1.82) is 0 Å². The Kier molecular flexibility index (Phi) is 10.1. The summed E-state index contributed by atoms with van der Waals surface area (Å²) >= 11 is 35.1. The molecule has 3 N–H and O–H groups in total. The maximum atomic E-state index is 11.4. The van der Waals surface area contributed by atoms with Gasteiger partial charge in [-0.1, -0.05) is 69.6 Å². The summed E-state index contributed by atoms with van der Waals surface area (Å²) in [4.78, 5) is 42.4. The Morgan fingerprint density at radius 3 is 0.881 bits per heavy atom. The summed E-state index contributed by atoms with van der Waals surface area (Å²) in [5.74, 6) is 0. The van der Waals surface area contributed by atoms with Gasteiger partial charge >= 0.3 is 17.1 Å². The van der Waals surface area contributed by atoms with Crippen LogP contribution in [-0.4, -0.2) is 28.7 Å². The molecule has 3 heterocycles. The summed E-state index contributed by atoms with van der Waals surface area (Å²) in [5, 5.41) is 2.72. The first-order chi connectivity index (χ1) is 19.9. The molecule has 42 heavy (non-hydrogen) atoms. The van der Waals surface area contributed by atoms with Crippen molar-refractivity contribution in [3.05, 3.63) is 98.0 Å². The molecule has 0 aliphatic carbocycles. The zero-order valence-corrected chi connectivity index (χ0v) is 27.0. The van der Waals surface area contributed by atoms with Crippen LogP contribution in [-0.2, 0) is 19.6 Å². The van der Waals surface area contributed by atoms with Gasteiger partial charge in [0.15, 0.2) is 0 Å². The van der Waals surface area contributed by atoms with E-state index in [0.717, 1.165) is 16.6 Å². The smallest absolute Gasteiger partial charge is 0.305 e. The highest BCUT2D eigenvalue weighted by Gasteiger charge is 2.10. The van der Waals surface area contributed by atoms with E-state index in [0.29, 0.717) is 66.3 Å². The fraction of sp³-hybridized carbons (Fsp3) is 0.222. The topological polar surface area (TPSA) is 113 Å². The first kappa shape index (κ1) is 32.1. The van der Waals surface area contributed by atoms with Crippen molar-refractivity contribution in [2.75, 3.05) is 0 Å². The first-order valence-electron chi connectivity index (χ1n) is 12.6. The van der Waals surface area contributed by atoms with Crippen molar-refractivity contribution in [3.8, 4) is 0 Å². The van der Waals surface area contributed by atoms with E-state index >= 15 is 0 Å². The van der Waals surface area contributed by atoms with Gasteiger partial charge in [0.2, 0.25) is 0 Å². The van der Waals surface area contributed by atoms with Gasteiger partial charge in [0.1, 0.15) is 0 Å². The molecule has 0 atom stereocenters. The predicted molar refractivity (Wildman–Crippen MR) is 175 cm³/mol. The van der Waals surface area contributed by atoms with Crippen molar-refractivity contribution >= 4 is 103 Å². The number of hydrogen-bond donors (Lipinski definition) is 3. The molecule has 0 saturated carbocycles. The van der Waals surface area contributed by atoms with Crippen molar-refractivity contribution < 1.29 is 0 Å². The van der Waals surface area contributed by atoms with Gasteiger partial charge in [0, 0.05) is 19.6 Å². The van der Waals surface area contributed by atoms with E-state index in [1.54, 1.807) is 50.1 Å². The molecule has 0 unspecified atom stereocenters. The number of aromatic amines is 3. The number of hydrogen-bond acceptors (Lipinski definition) is 3. The fourth-order valence-corrected chi connectivity index (χ4v) is 5.36. The lowest BCUT2D eigenvalue weighted by atomic mass is 10.3. The lowest BCUT2D eigenvalue weighted by Gasteiger charge is -1.99. The van der Waals surface area contributed by atoms with Crippen molar-refractivity contribution in [2.24, 2.45) is 0 Å². The number of aromatic nitrogens is 6. The molecule has 0 radical (unpaired) electrons. The van der Waals surface area contributed by atoms with Crippen molar-refractivity contribution in [3.63, 3.8) is 0 Å². The van der Waals surface area contributed by atoms with Crippen LogP contribution >= 0.6 is 69.6 Å². The lowest BCUT2D eigenvalue weighted by molar-refractivity contribution is 0.753. The highest BCUT2D eigenvalue weighted by molar-refractivity contribution is 6.43. The van der Waals surface area contributed by atoms with Crippen LogP contribution in [0.3, 0.4) is 0 Å². The minimum atomic E-state index is -0.138. The summed E-state index contributed by atoms with van der Waals surface area (Å²) in [5.41, 5.74) is 4.08. The number of nitrogens with zero attached hydrogens (tertiary/aromatic N) is 3. The van der Waals surface area contributed by atoms with Gasteiger partial charge in [-0.25, -0.2) is 14.4 Å². The Morgan fingerprint density at radius 2 is 0.667 bits per heavy atom. The molecule has 0 fully saturated rings. The lowest BCUT2D eigenvalue weighted by Crippen LogP contribution is -2.14. The van der Waals surface area contributed by atoms with Gasteiger partial charge in [-0.05, 0) is 57.2 Å². The molecule has 0 saturated heterocycles. The molecular weight excluding hydrogens is 669 g/mol. The molecule has 3 aromatic carbocycles. The maximum Gasteiger partial charge on any atom is 0.326 e. The Balaban J connectivity index is 0.000000145. The second-order valence-corrected chi connectivity index (χ2v) is 11.3. The average Bonchev–Trinajstić information content (AvgIpc) is 3.53. The second-order valence-electron chi connectivity index (χ2n) is 8.87. The molecule has 6 rings (SSSR count). The van der Waals surface area contributed by atoms with E-state index in [2.05, 4.69) is 15.0 Å². The average molecular weight is 693 g/mol. The molecule has 0 amide bonds. The molecule has 0 aliphatic heterocycles. The minimum absolute atomic E-state index is 0.138. The van der Waals surface area contributed by atoms with E-state index in [9.17, 15) is 14.4 Å². The molecular formula is C27H24Cl6N6O3. The Hall–Kier alpha value is -2.79. The van der Waals surface area contributed by atoms with E-state index in [4.69, 9.17) is 69.6 Å². The predicted octanol–water partition coefficient (Wildman–Crippen LogP) is 7.97. The third-order valence-corrected chi connectivity index (χ3v) is 8.56. The van der Waals surface area contributed by atoms with E-state index < -0.39 is 0 Å². The quantitative estimate of drug-likeness (QED) is 0.175. The summed E-state index contributed by atoms with van der Waals surface area (Å²) in [6.07, 6.45) is 0. The summed E-state index contributed by atoms with van der Waals surface area (Å²) < 4.78 is 4.83. The van der Waals surface area contributed by atoms with Crippen LogP contribution in [0.1, 0.15) is 20.8 Å². The van der Waals surface area contributed by atoms with Gasteiger partial charge in [-0.2, -0.15) is 0 Å². The van der Waals surface area contributed by atoms with Gasteiger partial charge in [0.25, 0.3) is 0 Å². The highest BCUT2D eigenvalue weighted by Crippen LogP contribution is 2.28. The van der Waals surface area contributed by atoms with Crippen LogP contribution in [0.5, 0.6) is 0 Å². The third kappa shape index (κ3) is 6.41. The van der Waals surface area contributed by atoms with Crippen LogP contribution in [0.15, 0.2) is 50.8 Å². The largest absolute Gasteiger partial charge is 0.326 e. The van der Waals surface area contributed by atoms with Crippen molar-refractivity contribution in [2.45, 2.75) is 40.4 Å². The molecule has 15 heteroatoms. The molecule has 0 aliphatic rings. The maximum absolute atomic E-state index is 11.4. The Labute approximate surface area is 268 Å². The SMILES string of the molecule is CCn1c(=O)[nH]c2cc(Cl)c(Cl)cc21.CCn1c(=O)[nH]c2cc(Cl)c(Cl)cc21.CCn1c(=O)[nH]c2cc(Cl)c(Cl)cc21. The van der Waals surface area contributed by atoms with Gasteiger partial charge in [0.05, 0.1) is 63.2 Å². The monoisotopic (exact) mass is 690 g/mol. The number of aryl methyl sites for hydroxylation is 3.